The number of unbranched alkanes of at least 4 members (excludes halogenated alkanes) is 30. The molecule has 0 aromatic rings. The fourth-order valence-electron chi connectivity index (χ4n) is 9.36. The number of rotatable bonds is 43. The molecular weight excluding hydrogens is 847 g/mol. The molecule has 14 heteroatoms. The first-order chi connectivity index (χ1) is 32.1. The molecule has 66 heavy (non-hydrogen) atoms. The second kappa shape index (κ2) is 39.7. The third kappa shape index (κ3) is 26.3. The van der Waals surface area contributed by atoms with Gasteiger partial charge in [0.05, 0.1) is 32.0 Å². The smallest absolute Gasteiger partial charge is 0.220 e. The van der Waals surface area contributed by atoms with Crippen LogP contribution in [0, 0.1) is 0 Å². The molecule has 12 unspecified atom stereocenters. The summed E-state index contributed by atoms with van der Waals surface area (Å²) < 4.78 is 22.7. The maximum absolute atomic E-state index is 13.1. The van der Waals surface area contributed by atoms with Crippen LogP contribution in [0.4, 0.5) is 0 Å². The first kappa shape index (κ1) is 61.1. The summed E-state index contributed by atoms with van der Waals surface area (Å²) in [5.74, 6) is -0.209. The number of nitrogens with one attached hydrogen (secondary N) is 1. The van der Waals surface area contributed by atoms with Gasteiger partial charge in [-0.15, -0.1) is 0 Å². The maximum Gasteiger partial charge on any atom is 0.220 e. The van der Waals surface area contributed by atoms with Crippen molar-refractivity contribution in [1.29, 1.82) is 0 Å². The summed E-state index contributed by atoms with van der Waals surface area (Å²) in [7, 11) is 0. The van der Waals surface area contributed by atoms with Crippen molar-refractivity contribution >= 4 is 5.91 Å². The average molecular weight is 948 g/mol. The van der Waals surface area contributed by atoms with E-state index in [1.54, 1.807) is 0 Å². The maximum atomic E-state index is 13.1. The summed E-state index contributed by atoms with van der Waals surface area (Å²) in [6.07, 6.45) is 24.2. The molecule has 2 aliphatic heterocycles. The summed E-state index contributed by atoms with van der Waals surface area (Å²) >= 11 is 0. The van der Waals surface area contributed by atoms with Crippen LogP contribution in [-0.4, -0.2) is 140 Å². The third-order valence-corrected chi connectivity index (χ3v) is 13.8. The number of hydrogen-bond acceptors (Lipinski definition) is 13. The van der Waals surface area contributed by atoms with Crippen molar-refractivity contribution < 1.29 is 64.6 Å². The van der Waals surface area contributed by atoms with Crippen LogP contribution in [0.2, 0.25) is 0 Å². The molecule has 0 spiro atoms. The van der Waals surface area contributed by atoms with Crippen LogP contribution in [0.1, 0.15) is 232 Å². The summed E-state index contributed by atoms with van der Waals surface area (Å²) in [6, 6.07) is -0.820. The first-order valence-electron chi connectivity index (χ1n) is 27.3. The monoisotopic (exact) mass is 948 g/mol. The molecule has 0 aromatic carbocycles. The second-order valence-electron chi connectivity index (χ2n) is 19.7. The van der Waals surface area contributed by atoms with Gasteiger partial charge in [0.15, 0.2) is 12.6 Å². The lowest BCUT2D eigenvalue weighted by molar-refractivity contribution is -0.359. The van der Waals surface area contributed by atoms with Gasteiger partial charge in [0.1, 0.15) is 48.8 Å². The van der Waals surface area contributed by atoms with Gasteiger partial charge in [-0.2, -0.15) is 0 Å². The van der Waals surface area contributed by atoms with Crippen LogP contribution in [0.15, 0.2) is 0 Å². The lowest BCUT2D eigenvalue weighted by Gasteiger charge is -2.46. The van der Waals surface area contributed by atoms with Crippen molar-refractivity contribution in [3.8, 4) is 0 Å². The van der Waals surface area contributed by atoms with Crippen LogP contribution in [0.3, 0.4) is 0 Å². The van der Waals surface area contributed by atoms with Crippen molar-refractivity contribution in [2.24, 2.45) is 0 Å². The van der Waals surface area contributed by atoms with E-state index >= 15 is 0 Å². The zero-order valence-electron chi connectivity index (χ0n) is 41.7. The molecular formula is C52H101NO13. The Labute approximate surface area is 400 Å². The zero-order chi connectivity index (χ0) is 48.2. The minimum absolute atomic E-state index is 0.209. The Morgan fingerprint density at radius 2 is 0.864 bits per heavy atom. The van der Waals surface area contributed by atoms with Gasteiger partial charge < -0.3 is 65.1 Å². The van der Waals surface area contributed by atoms with Gasteiger partial charge in [0, 0.05) is 6.42 Å². The number of hydrogen-bond donors (Lipinski definition) is 9. The molecule has 2 heterocycles. The topological polar surface area (TPSA) is 228 Å². The Morgan fingerprint density at radius 3 is 1.29 bits per heavy atom. The van der Waals surface area contributed by atoms with Crippen LogP contribution in [-0.2, 0) is 23.7 Å². The van der Waals surface area contributed by atoms with Crippen molar-refractivity contribution in [2.75, 3.05) is 19.8 Å². The Bertz CT molecular complexity index is 1120. The van der Waals surface area contributed by atoms with E-state index in [4.69, 9.17) is 18.9 Å². The summed E-state index contributed by atoms with van der Waals surface area (Å²) in [6.45, 7) is 2.83. The number of carbonyl (C=O) groups excluding carboxylic acids is 1. The van der Waals surface area contributed by atoms with Gasteiger partial charge in [0.2, 0.25) is 5.91 Å². The largest absolute Gasteiger partial charge is 0.394 e. The number of carbonyl (C=O) groups is 1. The zero-order valence-corrected chi connectivity index (χ0v) is 41.7. The van der Waals surface area contributed by atoms with Crippen LogP contribution in [0.5, 0.6) is 0 Å². The lowest BCUT2D eigenvalue weighted by Crippen LogP contribution is -2.65. The van der Waals surface area contributed by atoms with Crippen molar-refractivity contribution in [3.05, 3.63) is 0 Å². The second-order valence-corrected chi connectivity index (χ2v) is 19.7. The van der Waals surface area contributed by atoms with Crippen molar-refractivity contribution in [2.45, 2.75) is 306 Å². The number of aliphatic hydroxyl groups is 8. The van der Waals surface area contributed by atoms with Crippen molar-refractivity contribution in [1.82, 2.24) is 5.32 Å². The lowest BCUT2D eigenvalue weighted by atomic mass is 9.97. The molecule has 2 aliphatic rings. The molecule has 12 atom stereocenters. The highest BCUT2D eigenvalue weighted by Gasteiger charge is 2.51. The quantitative estimate of drug-likeness (QED) is 0.0267. The Morgan fingerprint density at radius 1 is 0.485 bits per heavy atom. The van der Waals surface area contributed by atoms with Gasteiger partial charge >= 0.3 is 0 Å². The molecule has 0 aliphatic carbocycles. The average Bonchev–Trinajstić information content (AvgIpc) is 3.31. The van der Waals surface area contributed by atoms with E-state index in [-0.39, 0.29) is 12.5 Å². The van der Waals surface area contributed by atoms with Gasteiger partial charge in [-0.25, -0.2) is 0 Å². The number of aliphatic hydroxyl groups excluding tert-OH is 8. The summed E-state index contributed by atoms with van der Waals surface area (Å²) in [5, 5.41) is 86.8. The Kier molecular flexibility index (Phi) is 36.7. The van der Waals surface area contributed by atoms with E-state index < -0.39 is 86.8 Å². The van der Waals surface area contributed by atoms with Gasteiger partial charge in [-0.05, 0) is 12.8 Å². The van der Waals surface area contributed by atoms with E-state index in [1.807, 2.05) is 0 Å². The fourth-order valence-corrected chi connectivity index (χ4v) is 9.36. The van der Waals surface area contributed by atoms with E-state index in [1.165, 1.54) is 154 Å². The minimum atomic E-state index is -1.78. The summed E-state index contributed by atoms with van der Waals surface area (Å²) in [5.41, 5.74) is 0. The molecule has 0 bridgehead atoms. The molecule has 0 saturated carbocycles. The standard InChI is InChI=1S/C52H101NO13/c1-3-5-7-9-11-13-14-15-16-17-18-19-20-21-22-23-24-25-26-27-28-29-31-33-35-41(56)40(53-44(57)36-34-32-30-12-10-8-6-4-2)39-63-51-49(62)47(60)50(43(38-55)65-51)66-52-48(61)46(59)45(58)42(37-54)64-52/h40-43,45-52,54-56,58-62H,3-39H2,1-2H3,(H,53,57). The molecule has 0 radical (unpaired) electrons. The highest BCUT2D eigenvalue weighted by molar-refractivity contribution is 5.76. The molecule has 2 fully saturated rings. The van der Waals surface area contributed by atoms with Crippen LogP contribution >= 0.6 is 0 Å². The Balaban J connectivity index is 1.70. The first-order valence-corrected chi connectivity index (χ1v) is 27.3. The van der Waals surface area contributed by atoms with E-state index in [2.05, 4.69) is 19.2 Å². The minimum Gasteiger partial charge on any atom is -0.394 e. The van der Waals surface area contributed by atoms with Gasteiger partial charge in [0.25, 0.3) is 0 Å². The molecule has 392 valence electrons. The normalized spacial score (nSPS) is 26.7. The predicted molar refractivity (Wildman–Crippen MR) is 259 cm³/mol. The molecule has 1 amide bonds. The van der Waals surface area contributed by atoms with Gasteiger partial charge in [-0.3, -0.25) is 4.79 Å². The third-order valence-electron chi connectivity index (χ3n) is 13.8. The predicted octanol–water partition coefficient (Wildman–Crippen LogP) is 7.78. The fraction of sp³-hybridized carbons (Fsp3) is 0.981. The number of amides is 1. The highest BCUT2D eigenvalue weighted by atomic mass is 16.7. The van der Waals surface area contributed by atoms with Gasteiger partial charge in [-0.1, -0.05) is 213 Å². The van der Waals surface area contributed by atoms with Crippen LogP contribution < -0.4 is 5.32 Å². The molecule has 14 nitrogen and oxygen atoms in total. The SMILES string of the molecule is CCCCCCCCCCCCCCCCCCCCCCCCCCC(O)C(COC1OC(CO)C(OC2OC(CO)C(O)C(O)C2O)C(O)C1O)NC(=O)CCCCCCCCCC. The highest BCUT2D eigenvalue weighted by Crippen LogP contribution is 2.30. The molecule has 2 saturated heterocycles. The van der Waals surface area contributed by atoms with E-state index in [9.17, 15) is 45.6 Å². The molecule has 2 rings (SSSR count). The summed E-state index contributed by atoms with van der Waals surface area (Å²) in [4.78, 5) is 13.1. The molecule has 0 aromatic heterocycles. The van der Waals surface area contributed by atoms with Crippen LogP contribution in [0.25, 0.3) is 0 Å². The number of ether oxygens (including phenoxy) is 4. The van der Waals surface area contributed by atoms with Crippen molar-refractivity contribution in [3.63, 3.8) is 0 Å². The van der Waals surface area contributed by atoms with E-state index in [0.29, 0.717) is 12.8 Å². The Hall–Kier alpha value is -1.01. The van der Waals surface area contributed by atoms with E-state index in [0.717, 1.165) is 51.4 Å². The molecule has 9 N–H and O–H groups in total.